The summed E-state index contributed by atoms with van der Waals surface area (Å²) in [4.78, 5) is 11.4. The highest BCUT2D eigenvalue weighted by Gasteiger charge is 2.28. The van der Waals surface area contributed by atoms with E-state index in [-0.39, 0.29) is 18.1 Å². The van der Waals surface area contributed by atoms with Crippen molar-refractivity contribution in [2.24, 2.45) is 11.1 Å². The summed E-state index contributed by atoms with van der Waals surface area (Å²) < 4.78 is 5.38. The topological polar surface area (TPSA) is 52.3 Å². The van der Waals surface area contributed by atoms with Gasteiger partial charge in [-0.3, -0.25) is 4.79 Å². The third-order valence-electron chi connectivity index (χ3n) is 3.07. The molecule has 15 heavy (non-hydrogen) atoms. The molecule has 0 heterocycles. The Morgan fingerprint density at radius 3 is 2.47 bits per heavy atom. The highest BCUT2D eigenvalue weighted by Crippen LogP contribution is 2.36. The van der Waals surface area contributed by atoms with Crippen molar-refractivity contribution in [3.63, 3.8) is 0 Å². The smallest absolute Gasteiger partial charge is 0.307 e. The fraction of sp³-hybridized carbons (Fsp3) is 0.917. The van der Waals surface area contributed by atoms with Gasteiger partial charge in [0.25, 0.3) is 0 Å². The van der Waals surface area contributed by atoms with E-state index in [1.807, 2.05) is 6.92 Å². The van der Waals surface area contributed by atoms with E-state index in [9.17, 15) is 4.79 Å². The Hall–Kier alpha value is -0.570. The number of hydrogen-bond acceptors (Lipinski definition) is 3. The normalized spacial score (nSPS) is 23.5. The maximum Gasteiger partial charge on any atom is 0.307 e. The fourth-order valence-corrected chi connectivity index (χ4v) is 1.99. The minimum atomic E-state index is -0.144. The molecule has 0 saturated heterocycles. The summed E-state index contributed by atoms with van der Waals surface area (Å²) >= 11 is 0. The zero-order valence-corrected chi connectivity index (χ0v) is 10.1. The molecule has 1 atom stereocenters. The van der Waals surface area contributed by atoms with E-state index in [4.69, 9.17) is 10.5 Å². The van der Waals surface area contributed by atoms with Gasteiger partial charge in [-0.25, -0.2) is 0 Å². The minimum absolute atomic E-state index is 0.0995. The Kier molecular flexibility index (Phi) is 4.14. The summed E-state index contributed by atoms with van der Waals surface area (Å²) in [6, 6.07) is -0.0995. The van der Waals surface area contributed by atoms with Gasteiger partial charge in [0.05, 0.1) is 6.42 Å². The van der Waals surface area contributed by atoms with E-state index in [0.29, 0.717) is 11.8 Å². The van der Waals surface area contributed by atoms with Crippen LogP contribution >= 0.6 is 0 Å². The zero-order valence-electron chi connectivity index (χ0n) is 10.1. The van der Waals surface area contributed by atoms with Crippen molar-refractivity contribution in [3.05, 3.63) is 0 Å². The molecule has 0 spiro atoms. The standard InChI is InChI=1S/C12H23NO2/c1-9(13)8-11(14)15-10-4-6-12(2,3)7-5-10/h9-10H,4-8,13H2,1-3H3. The number of ether oxygens (including phenoxy) is 1. The number of rotatable bonds is 3. The predicted octanol–water partition coefficient (Wildman–Crippen LogP) is 2.24. The molecule has 1 aliphatic rings. The monoisotopic (exact) mass is 213 g/mol. The highest BCUT2D eigenvalue weighted by molar-refractivity contribution is 5.70. The van der Waals surface area contributed by atoms with Crippen molar-refractivity contribution in [3.8, 4) is 0 Å². The molecule has 3 heteroatoms. The SMILES string of the molecule is CC(N)CC(=O)OC1CCC(C)(C)CC1. The fourth-order valence-electron chi connectivity index (χ4n) is 1.99. The van der Waals surface area contributed by atoms with Crippen molar-refractivity contribution in [2.45, 2.75) is 65.0 Å². The Labute approximate surface area is 92.4 Å². The van der Waals surface area contributed by atoms with Gasteiger partial charge in [-0.1, -0.05) is 13.8 Å². The molecule has 1 saturated carbocycles. The van der Waals surface area contributed by atoms with Crippen molar-refractivity contribution >= 4 is 5.97 Å². The Bertz CT molecular complexity index is 214. The van der Waals surface area contributed by atoms with Crippen LogP contribution in [-0.4, -0.2) is 18.1 Å². The summed E-state index contributed by atoms with van der Waals surface area (Å²) in [5, 5.41) is 0. The van der Waals surface area contributed by atoms with Gasteiger partial charge in [-0.15, -0.1) is 0 Å². The molecule has 0 radical (unpaired) electrons. The molecule has 3 nitrogen and oxygen atoms in total. The lowest BCUT2D eigenvalue weighted by Gasteiger charge is -2.33. The second-order valence-electron chi connectivity index (χ2n) is 5.53. The van der Waals surface area contributed by atoms with Crippen LogP contribution in [0.1, 0.15) is 52.9 Å². The largest absolute Gasteiger partial charge is 0.462 e. The lowest BCUT2D eigenvalue weighted by molar-refractivity contribution is -0.151. The number of nitrogens with two attached hydrogens (primary N) is 1. The molecule has 0 amide bonds. The van der Waals surface area contributed by atoms with Gasteiger partial charge in [0, 0.05) is 6.04 Å². The number of hydrogen-bond donors (Lipinski definition) is 1. The average Bonchev–Trinajstić information content (AvgIpc) is 2.07. The van der Waals surface area contributed by atoms with Crippen LogP contribution in [0.5, 0.6) is 0 Å². The molecule has 1 unspecified atom stereocenters. The quantitative estimate of drug-likeness (QED) is 0.731. The summed E-state index contributed by atoms with van der Waals surface area (Å²) in [5.74, 6) is -0.144. The maximum atomic E-state index is 11.4. The van der Waals surface area contributed by atoms with Gasteiger partial charge >= 0.3 is 5.97 Å². The Morgan fingerprint density at radius 1 is 1.47 bits per heavy atom. The van der Waals surface area contributed by atoms with Gasteiger partial charge in [-0.05, 0) is 38.0 Å². The van der Waals surface area contributed by atoms with E-state index < -0.39 is 0 Å². The Balaban J connectivity index is 2.27. The highest BCUT2D eigenvalue weighted by atomic mass is 16.5. The van der Waals surface area contributed by atoms with Crippen LogP contribution in [0.25, 0.3) is 0 Å². The Morgan fingerprint density at radius 2 is 2.00 bits per heavy atom. The molecule has 0 aromatic carbocycles. The second kappa shape index (κ2) is 4.97. The van der Waals surface area contributed by atoms with E-state index in [1.165, 1.54) is 0 Å². The van der Waals surface area contributed by atoms with Gasteiger partial charge in [0.15, 0.2) is 0 Å². The first kappa shape index (κ1) is 12.5. The molecule has 1 aliphatic carbocycles. The first-order valence-electron chi connectivity index (χ1n) is 5.84. The first-order valence-corrected chi connectivity index (χ1v) is 5.84. The molecule has 0 aromatic rings. The molecular formula is C12H23NO2. The maximum absolute atomic E-state index is 11.4. The first-order chi connectivity index (χ1) is 6.89. The van der Waals surface area contributed by atoms with Crippen LogP contribution in [-0.2, 0) is 9.53 Å². The molecule has 2 N–H and O–H groups in total. The van der Waals surface area contributed by atoms with Crippen LogP contribution in [0.2, 0.25) is 0 Å². The third-order valence-corrected chi connectivity index (χ3v) is 3.07. The van der Waals surface area contributed by atoms with Crippen LogP contribution < -0.4 is 5.73 Å². The molecule has 0 aromatic heterocycles. The van der Waals surface area contributed by atoms with Gasteiger partial charge in [-0.2, -0.15) is 0 Å². The molecule has 0 bridgehead atoms. The number of carbonyl (C=O) groups excluding carboxylic acids is 1. The van der Waals surface area contributed by atoms with Crippen molar-refractivity contribution < 1.29 is 9.53 Å². The van der Waals surface area contributed by atoms with Crippen molar-refractivity contribution in [2.75, 3.05) is 0 Å². The van der Waals surface area contributed by atoms with Crippen LogP contribution in [0, 0.1) is 5.41 Å². The van der Waals surface area contributed by atoms with E-state index in [0.717, 1.165) is 25.7 Å². The third kappa shape index (κ3) is 4.65. The predicted molar refractivity (Wildman–Crippen MR) is 60.4 cm³/mol. The van der Waals surface area contributed by atoms with Crippen LogP contribution in [0.15, 0.2) is 0 Å². The molecule has 0 aliphatic heterocycles. The lowest BCUT2D eigenvalue weighted by atomic mass is 9.76. The van der Waals surface area contributed by atoms with E-state index in [2.05, 4.69) is 13.8 Å². The summed E-state index contributed by atoms with van der Waals surface area (Å²) in [6.45, 7) is 6.37. The average molecular weight is 213 g/mol. The van der Waals surface area contributed by atoms with Crippen LogP contribution in [0.4, 0.5) is 0 Å². The molecule has 88 valence electrons. The molecule has 1 fully saturated rings. The lowest BCUT2D eigenvalue weighted by Crippen LogP contribution is -2.30. The summed E-state index contributed by atoms with van der Waals surface area (Å²) in [7, 11) is 0. The summed E-state index contributed by atoms with van der Waals surface area (Å²) in [5.41, 5.74) is 5.96. The van der Waals surface area contributed by atoms with Gasteiger partial charge < -0.3 is 10.5 Å². The van der Waals surface area contributed by atoms with E-state index >= 15 is 0 Å². The number of carbonyl (C=O) groups is 1. The van der Waals surface area contributed by atoms with E-state index in [1.54, 1.807) is 0 Å². The zero-order chi connectivity index (χ0) is 11.5. The molecule has 1 rings (SSSR count). The van der Waals surface area contributed by atoms with Gasteiger partial charge in [0.1, 0.15) is 6.10 Å². The van der Waals surface area contributed by atoms with Crippen molar-refractivity contribution in [1.82, 2.24) is 0 Å². The van der Waals surface area contributed by atoms with Crippen molar-refractivity contribution in [1.29, 1.82) is 0 Å². The van der Waals surface area contributed by atoms with Crippen LogP contribution in [0.3, 0.4) is 0 Å². The number of esters is 1. The minimum Gasteiger partial charge on any atom is -0.462 e. The molecular weight excluding hydrogens is 190 g/mol. The summed E-state index contributed by atoms with van der Waals surface area (Å²) in [6.07, 6.45) is 4.74. The van der Waals surface area contributed by atoms with Gasteiger partial charge in [0.2, 0.25) is 0 Å². The second-order valence-corrected chi connectivity index (χ2v) is 5.53.